The molecule has 1 amide bonds. The molecule has 0 saturated heterocycles. The first-order valence-corrected chi connectivity index (χ1v) is 10.3. The summed E-state index contributed by atoms with van der Waals surface area (Å²) in [4.78, 5) is 39.1. The number of non-ortho nitro benzene ring substituents is 1. The van der Waals surface area contributed by atoms with Gasteiger partial charge in [0.2, 0.25) is 0 Å². The van der Waals surface area contributed by atoms with E-state index in [0.717, 1.165) is 5.56 Å². The lowest BCUT2D eigenvalue weighted by Gasteiger charge is -2.22. The maximum absolute atomic E-state index is 13.6. The summed E-state index contributed by atoms with van der Waals surface area (Å²) in [5.74, 6) is -0.417. The molecule has 0 aliphatic carbocycles. The lowest BCUT2D eigenvalue weighted by molar-refractivity contribution is -0.384. The molecule has 4 rings (SSSR count). The van der Waals surface area contributed by atoms with Crippen LogP contribution < -0.4 is 10.5 Å². The molecule has 0 aliphatic heterocycles. The van der Waals surface area contributed by atoms with Crippen molar-refractivity contribution < 1.29 is 9.72 Å². The maximum atomic E-state index is 13.6. The summed E-state index contributed by atoms with van der Waals surface area (Å²) in [6, 6.07) is 24.0. The van der Waals surface area contributed by atoms with Crippen molar-refractivity contribution in [2.24, 2.45) is 7.05 Å². The number of carbonyl (C=O) groups is 1. The van der Waals surface area contributed by atoms with E-state index >= 15 is 0 Å². The minimum atomic E-state index is -0.518. The Hall–Kier alpha value is -4.46. The van der Waals surface area contributed by atoms with Crippen LogP contribution in [0.1, 0.15) is 21.6 Å². The number of nitrogens with zero attached hydrogens (tertiary/aromatic N) is 4. The fourth-order valence-electron chi connectivity index (χ4n) is 3.76. The molecule has 4 aromatic rings. The number of nitro groups is 1. The Bertz CT molecular complexity index is 1360. The van der Waals surface area contributed by atoms with Gasteiger partial charge in [0.1, 0.15) is 5.69 Å². The van der Waals surface area contributed by atoms with Crippen LogP contribution in [0.4, 0.5) is 11.4 Å². The number of carbonyl (C=O) groups excluding carboxylic acids is 1. The molecule has 0 N–H and O–H groups in total. The van der Waals surface area contributed by atoms with E-state index in [1.54, 1.807) is 18.7 Å². The molecule has 0 radical (unpaired) electrons. The molecule has 1 aromatic heterocycles. The zero-order valence-electron chi connectivity index (χ0n) is 18.2. The molecule has 0 unspecified atom stereocenters. The lowest BCUT2D eigenvalue weighted by atomic mass is 10.1. The van der Waals surface area contributed by atoms with Crippen LogP contribution >= 0.6 is 0 Å². The monoisotopic (exact) mass is 442 g/mol. The van der Waals surface area contributed by atoms with Gasteiger partial charge in [-0.3, -0.25) is 29.3 Å². The Morgan fingerprint density at radius 3 is 2.09 bits per heavy atom. The highest BCUT2D eigenvalue weighted by atomic mass is 16.6. The number of hydrogen-bond donors (Lipinski definition) is 0. The zero-order valence-corrected chi connectivity index (χ0v) is 18.2. The van der Waals surface area contributed by atoms with Crippen molar-refractivity contribution in [3.8, 4) is 5.69 Å². The van der Waals surface area contributed by atoms with E-state index in [2.05, 4.69) is 0 Å². The Kier molecular flexibility index (Phi) is 5.91. The van der Waals surface area contributed by atoms with Crippen molar-refractivity contribution in [1.82, 2.24) is 9.36 Å². The Morgan fingerprint density at radius 2 is 1.52 bits per heavy atom. The van der Waals surface area contributed by atoms with Gasteiger partial charge in [0.05, 0.1) is 22.8 Å². The summed E-state index contributed by atoms with van der Waals surface area (Å²) in [5, 5.41) is 11.0. The molecule has 0 fully saturated rings. The van der Waals surface area contributed by atoms with E-state index in [1.165, 1.54) is 33.8 Å². The maximum Gasteiger partial charge on any atom is 0.295 e. The van der Waals surface area contributed by atoms with Crippen molar-refractivity contribution >= 4 is 17.3 Å². The summed E-state index contributed by atoms with van der Waals surface area (Å²) in [6.45, 7) is 1.96. The predicted molar refractivity (Wildman–Crippen MR) is 126 cm³/mol. The SMILES string of the molecule is Cc1c(N(Cc2ccccc2)C(=O)c2ccc([N+](=O)[O-])cc2)c(=O)n(-c2ccccc2)n1C. The number of amides is 1. The van der Waals surface area contributed by atoms with Crippen LogP contribution in [0.2, 0.25) is 0 Å². The van der Waals surface area contributed by atoms with E-state index in [0.29, 0.717) is 11.4 Å². The van der Waals surface area contributed by atoms with Crippen LogP contribution in [0.5, 0.6) is 0 Å². The van der Waals surface area contributed by atoms with E-state index in [-0.39, 0.29) is 29.0 Å². The Labute approximate surface area is 190 Å². The van der Waals surface area contributed by atoms with Gasteiger partial charge in [0.15, 0.2) is 0 Å². The molecule has 166 valence electrons. The van der Waals surface area contributed by atoms with Gasteiger partial charge in [0.25, 0.3) is 17.2 Å². The van der Waals surface area contributed by atoms with Crippen LogP contribution in [-0.2, 0) is 13.6 Å². The zero-order chi connectivity index (χ0) is 23.5. The first-order valence-electron chi connectivity index (χ1n) is 10.3. The molecule has 0 spiro atoms. The highest BCUT2D eigenvalue weighted by Crippen LogP contribution is 2.24. The van der Waals surface area contributed by atoms with E-state index in [1.807, 2.05) is 60.7 Å². The third-order valence-corrected chi connectivity index (χ3v) is 5.55. The number of aromatic nitrogens is 2. The first-order chi connectivity index (χ1) is 15.9. The first kappa shape index (κ1) is 21.8. The largest absolute Gasteiger partial charge is 0.297 e. The van der Waals surface area contributed by atoms with Crippen LogP contribution in [0, 0.1) is 17.0 Å². The fourth-order valence-corrected chi connectivity index (χ4v) is 3.76. The highest BCUT2D eigenvalue weighted by Gasteiger charge is 2.27. The lowest BCUT2D eigenvalue weighted by Crippen LogP contribution is -2.34. The normalized spacial score (nSPS) is 10.7. The van der Waals surface area contributed by atoms with E-state index in [4.69, 9.17) is 0 Å². The van der Waals surface area contributed by atoms with Gasteiger partial charge in [-0.2, -0.15) is 0 Å². The van der Waals surface area contributed by atoms with E-state index < -0.39 is 10.8 Å². The topological polar surface area (TPSA) is 90.4 Å². The number of benzene rings is 3. The van der Waals surface area contributed by atoms with Gasteiger partial charge in [0, 0.05) is 24.7 Å². The fraction of sp³-hybridized carbons (Fsp3) is 0.120. The third-order valence-electron chi connectivity index (χ3n) is 5.55. The molecule has 33 heavy (non-hydrogen) atoms. The standard InChI is InChI=1S/C25H22N4O4/c1-18-23(25(31)28(26(18)2)21-11-7-4-8-12-21)27(17-19-9-5-3-6-10-19)24(30)20-13-15-22(16-14-20)29(32)33/h3-16H,17H2,1-2H3. The molecule has 0 saturated carbocycles. The van der Waals surface area contributed by atoms with Crippen molar-refractivity contribution in [3.05, 3.63) is 122 Å². The van der Waals surface area contributed by atoms with Crippen molar-refractivity contribution in [3.63, 3.8) is 0 Å². The molecule has 0 atom stereocenters. The summed E-state index contributed by atoms with van der Waals surface area (Å²) in [6.07, 6.45) is 0. The number of rotatable bonds is 6. The van der Waals surface area contributed by atoms with E-state index in [9.17, 15) is 19.7 Å². The molecule has 0 bridgehead atoms. The molecular weight excluding hydrogens is 420 g/mol. The second kappa shape index (κ2) is 8.96. The van der Waals surface area contributed by atoms with Gasteiger partial charge in [-0.15, -0.1) is 0 Å². The number of nitro benzene ring substituents is 1. The van der Waals surface area contributed by atoms with Gasteiger partial charge in [-0.05, 0) is 36.8 Å². The summed E-state index contributed by atoms with van der Waals surface area (Å²) >= 11 is 0. The third kappa shape index (κ3) is 4.18. The van der Waals surface area contributed by atoms with Crippen molar-refractivity contribution in [2.75, 3.05) is 4.90 Å². The van der Waals surface area contributed by atoms with Gasteiger partial charge < -0.3 is 0 Å². The molecule has 0 aliphatic rings. The second-order valence-corrected chi connectivity index (χ2v) is 7.59. The quantitative estimate of drug-likeness (QED) is 0.330. The number of anilines is 1. The molecule has 8 heteroatoms. The smallest absolute Gasteiger partial charge is 0.295 e. The minimum absolute atomic E-state index is 0.108. The molecule has 8 nitrogen and oxygen atoms in total. The van der Waals surface area contributed by atoms with Gasteiger partial charge in [-0.1, -0.05) is 48.5 Å². The molecular formula is C25H22N4O4. The Balaban J connectivity index is 1.85. The number of hydrogen-bond acceptors (Lipinski definition) is 4. The Morgan fingerprint density at radius 1 is 0.939 bits per heavy atom. The van der Waals surface area contributed by atoms with Gasteiger partial charge >= 0.3 is 0 Å². The second-order valence-electron chi connectivity index (χ2n) is 7.59. The van der Waals surface area contributed by atoms with Gasteiger partial charge in [-0.25, -0.2) is 4.68 Å². The highest BCUT2D eigenvalue weighted by molar-refractivity contribution is 6.06. The minimum Gasteiger partial charge on any atom is -0.297 e. The summed E-state index contributed by atoms with van der Waals surface area (Å²) in [5.41, 5.74) is 2.23. The van der Waals surface area contributed by atoms with Crippen LogP contribution in [0.15, 0.2) is 89.7 Å². The van der Waals surface area contributed by atoms with Crippen LogP contribution in [0.3, 0.4) is 0 Å². The van der Waals surface area contributed by atoms with Crippen LogP contribution in [0.25, 0.3) is 5.69 Å². The van der Waals surface area contributed by atoms with Crippen molar-refractivity contribution in [1.29, 1.82) is 0 Å². The molecule has 3 aromatic carbocycles. The average Bonchev–Trinajstić information content (AvgIpc) is 3.06. The average molecular weight is 442 g/mol. The number of para-hydroxylation sites is 1. The van der Waals surface area contributed by atoms with Crippen molar-refractivity contribution in [2.45, 2.75) is 13.5 Å². The molecule has 1 heterocycles. The summed E-state index contributed by atoms with van der Waals surface area (Å²) < 4.78 is 3.24. The predicted octanol–water partition coefficient (Wildman–Crippen LogP) is 4.24. The van der Waals surface area contributed by atoms with Crippen LogP contribution in [-0.4, -0.2) is 20.2 Å². The summed E-state index contributed by atoms with van der Waals surface area (Å²) in [7, 11) is 1.77.